The van der Waals surface area contributed by atoms with Crippen molar-refractivity contribution in [3.05, 3.63) is 75.5 Å². The van der Waals surface area contributed by atoms with Crippen LogP contribution in [0.25, 0.3) is 0 Å². The van der Waals surface area contributed by atoms with Gasteiger partial charge in [-0.25, -0.2) is 13.5 Å². The number of phenols is 1. The molecule has 0 aliphatic rings. The first-order valence-electron chi connectivity index (χ1n) is 7.95. The fourth-order valence-electron chi connectivity index (χ4n) is 2.27. The van der Waals surface area contributed by atoms with Crippen molar-refractivity contribution in [1.29, 1.82) is 0 Å². The number of phenolic OH excluding ortho intramolecular Hbond substituents is 1. The Morgan fingerprint density at radius 1 is 1.00 bits per heavy atom. The van der Waals surface area contributed by atoms with Crippen LogP contribution in [0.4, 0.5) is 20.6 Å². The molecule has 0 aliphatic heterocycles. The second-order valence-electron chi connectivity index (χ2n) is 5.70. The highest BCUT2D eigenvalue weighted by molar-refractivity contribution is 7.82. The number of nitrogens with one attached hydrogen (secondary N) is 1. The molecule has 0 saturated heterocycles. The smallest absolute Gasteiger partial charge is 0.336 e. The van der Waals surface area contributed by atoms with E-state index in [1.54, 1.807) is 6.07 Å². The SMILES string of the molecule is O=C(Nc1ccc(F)cc1)N(S)c1cc(Oc2ccc(Cl)cc2Cl)c(O)cc1Cl. The summed E-state index contributed by atoms with van der Waals surface area (Å²) < 4.78 is 19.5. The number of hydrogen-bond acceptors (Lipinski definition) is 4. The molecule has 0 bridgehead atoms. The Balaban J connectivity index is 1.85. The zero-order valence-corrected chi connectivity index (χ0v) is 17.5. The van der Waals surface area contributed by atoms with Crippen LogP contribution in [0, 0.1) is 5.82 Å². The van der Waals surface area contributed by atoms with E-state index in [0.717, 1.165) is 4.31 Å². The lowest BCUT2D eigenvalue weighted by Crippen LogP contribution is -2.27. The van der Waals surface area contributed by atoms with Gasteiger partial charge in [0.15, 0.2) is 11.5 Å². The zero-order chi connectivity index (χ0) is 21.1. The molecular weight excluding hydrogens is 462 g/mol. The van der Waals surface area contributed by atoms with Gasteiger partial charge in [-0.3, -0.25) is 0 Å². The maximum atomic E-state index is 13.0. The molecule has 0 atom stereocenters. The number of thiol groups is 1. The first-order valence-corrected chi connectivity index (χ1v) is 9.49. The third-order valence-corrected chi connectivity index (χ3v) is 4.89. The van der Waals surface area contributed by atoms with Gasteiger partial charge in [0.05, 0.1) is 15.7 Å². The number of halogens is 4. The number of amides is 2. The average Bonchev–Trinajstić information content (AvgIpc) is 2.67. The molecule has 0 fully saturated rings. The summed E-state index contributed by atoms with van der Waals surface area (Å²) >= 11 is 22.2. The van der Waals surface area contributed by atoms with Crippen LogP contribution in [-0.2, 0) is 0 Å². The number of urea groups is 1. The van der Waals surface area contributed by atoms with Crippen LogP contribution < -0.4 is 14.4 Å². The van der Waals surface area contributed by atoms with E-state index < -0.39 is 11.8 Å². The molecule has 2 amide bonds. The van der Waals surface area contributed by atoms with Crippen molar-refractivity contribution < 1.29 is 19.0 Å². The standard InChI is InChI=1S/C19H12Cl3FN2O3S/c20-10-1-6-17(14(22)7-10)28-18-9-15(13(21)8-16(18)26)25(29)19(27)24-12-4-2-11(23)3-5-12/h1-9,26,29H,(H,24,27). The summed E-state index contributed by atoms with van der Waals surface area (Å²) in [5, 5.41) is 13.4. The molecule has 0 saturated carbocycles. The zero-order valence-electron chi connectivity index (χ0n) is 14.4. The molecule has 0 radical (unpaired) electrons. The topological polar surface area (TPSA) is 61.8 Å². The van der Waals surface area contributed by atoms with Crippen molar-refractivity contribution in [2.45, 2.75) is 0 Å². The van der Waals surface area contributed by atoms with Gasteiger partial charge in [0, 0.05) is 22.8 Å². The maximum absolute atomic E-state index is 13.0. The van der Waals surface area contributed by atoms with Gasteiger partial charge in [-0.1, -0.05) is 47.6 Å². The molecule has 5 nitrogen and oxygen atoms in total. The van der Waals surface area contributed by atoms with E-state index in [2.05, 4.69) is 18.1 Å². The number of ether oxygens (including phenoxy) is 1. The van der Waals surface area contributed by atoms with Crippen LogP contribution in [0.15, 0.2) is 54.6 Å². The van der Waals surface area contributed by atoms with Gasteiger partial charge in [-0.2, -0.15) is 0 Å². The normalized spacial score (nSPS) is 10.5. The van der Waals surface area contributed by atoms with Gasteiger partial charge < -0.3 is 15.2 Å². The lowest BCUT2D eigenvalue weighted by Gasteiger charge is -2.19. The summed E-state index contributed by atoms with van der Waals surface area (Å²) in [6, 6.07) is 11.6. The molecule has 0 aliphatic carbocycles. The third-order valence-electron chi connectivity index (χ3n) is 3.66. The Kier molecular flexibility index (Phi) is 6.64. The fraction of sp³-hybridized carbons (Fsp3) is 0. The molecule has 3 rings (SSSR count). The number of carbonyl (C=O) groups excluding carboxylic acids is 1. The molecule has 10 heteroatoms. The number of hydrogen-bond donors (Lipinski definition) is 3. The lowest BCUT2D eigenvalue weighted by atomic mass is 10.2. The number of rotatable bonds is 4. The van der Waals surface area contributed by atoms with Crippen molar-refractivity contribution in [1.82, 2.24) is 0 Å². The summed E-state index contributed by atoms with van der Waals surface area (Å²) in [5.41, 5.74) is 0.488. The largest absolute Gasteiger partial charge is 0.504 e. The van der Waals surface area contributed by atoms with Crippen LogP contribution in [0.3, 0.4) is 0 Å². The van der Waals surface area contributed by atoms with Crippen molar-refractivity contribution >= 4 is 65.0 Å². The molecular formula is C19H12Cl3FN2O3S. The lowest BCUT2D eigenvalue weighted by molar-refractivity contribution is 0.260. The molecule has 3 aromatic carbocycles. The minimum Gasteiger partial charge on any atom is -0.504 e. The molecule has 0 heterocycles. The quantitative estimate of drug-likeness (QED) is 0.352. The van der Waals surface area contributed by atoms with Crippen LogP contribution in [-0.4, -0.2) is 11.1 Å². The average molecular weight is 474 g/mol. The predicted molar refractivity (Wildman–Crippen MR) is 117 cm³/mol. The maximum Gasteiger partial charge on any atom is 0.336 e. The van der Waals surface area contributed by atoms with Gasteiger partial charge in [-0.05, 0) is 42.5 Å². The van der Waals surface area contributed by atoms with Crippen LogP contribution in [0.2, 0.25) is 15.1 Å². The molecule has 0 aromatic heterocycles. The molecule has 0 spiro atoms. The number of anilines is 2. The number of aromatic hydroxyl groups is 1. The minimum absolute atomic E-state index is 0.0118. The van der Waals surface area contributed by atoms with E-state index in [1.165, 1.54) is 48.5 Å². The number of nitrogens with zero attached hydrogens (tertiary/aromatic N) is 1. The van der Waals surface area contributed by atoms with Gasteiger partial charge in [-0.15, -0.1) is 0 Å². The molecule has 0 unspecified atom stereocenters. The second kappa shape index (κ2) is 9.00. The molecule has 3 aromatic rings. The summed E-state index contributed by atoms with van der Waals surface area (Å²) in [4.78, 5) is 12.4. The monoisotopic (exact) mass is 472 g/mol. The minimum atomic E-state index is -0.664. The summed E-state index contributed by atoms with van der Waals surface area (Å²) in [6.45, 7) is 0. The molecule has 150 valence electrons. The predicted octanol–water partition coefficient (Wildman–Crippen LogP) is 7.17. The van der Waals surface area contributed by atoms with Crippen molar-refractivity contribution in [3.8, 4) is 17.2 Å². The van der Waals surface area contributed by atoms with E-state index in [9.17, 15) is 14.3 Å². The Bertz CT molecular complexity index is 1070. The fourth-order valence-corrected chi connectivity index (χ4v) is 3.24. The second-order valence-corrected chi connectivity index (χ2v) is 7.35. The van der Waals surface area contributed by atoms with E-state index in [1.807, 2.05) is 0 Å². The first-order chi connectivity index (χ1) is 13.7. The highest BCUT2D eigenvalue weighted by Crippen LogP contribution is 2.42. The highest BCUT2D eigenvalue weighted by Gasteiger charge is 2.19. The Morgan fingerprint density at radius 2 is 1.69 bits per heavy atom. The van der Waals surface area contributed by atoms with Gasteiger partial charge in [0.2, 0.25) is 0 Å². The Labute approximate surface area is 186 Å². The van der Waals surface area contributed by atoms with Crippen LogP contribution >= 0.6 is 47.6 Å². The summed E-state index contributed by atoms with van der Waals surface area (Å²) in [6.07, 6.45) is 0. The first kappa shape index (κ1) is 21.4. The van der Waals surface area contributed by atoms with Gasteiger partial charge in [0.25, 0.3) is 0 Å². The van der Waals surface area contributed by atoms with Gasteiger partial charge >= 0.3 is 6.03 Å². The Morgan fingerprint density at radius 3 is 2.34 bits per heavy atom. The highest BCUT2D eigenvalue weighted by atomic mass is 35.5. The van der Waals surface area contributed by atoms with Crippen molar-refractivity contribution in [2.75, 3.05) is 9.62 Å². The van der Waals surface area contributed by atoms with Crippen molar-refractivity contribution in [3.63, 3.8) is 0 Å². The van der Waals surface area contributed by atoms with Crippen LogP contribution in [0.1, 0.15) is 0 Å². The van der Waals surface area contributed by atoms with E-state index in [0.29, 0.717) is 10.7 Å². The van der Waals surface area contributed by atoms with Crippen molar-refractivity contribution in [2.24, 2.45) is 0 Å². The third kappa shape index (κ3) is 5.19. The number of carbonyl (C=O) groups is 1. The van der Waals surface area contributed by atoms with E-state index in [-0.39, 0.29) is 33.0 Å². The molecule has 29 heavy (non-hydrogen) atoms. The number of benzene rings is 3. The summed E-state index contributed by atoms with van der Waals surface area (Å²) in [5.74, 6) is -0.483. The molecule has 2 N–H and O–H groups in total. The van der Waals surface area contributed by atoms with Gasteiger partial charge in [0.1, 0.15) is 11.6 Å². The van der Waals surface area contributed by atoms with E-state index in [4.69, 9.17) is 39.5 Å². The Hall–Kier alpha value is -2.32. The van der Waals surface area contributed by atoms with Crippen LogP contribution in [0.5, 0.6) is 17.2 Å². The van der Waals surface area contributed by atoms with E-state index >= 15 is 0 Å². The summed E-state index contributed by atoms with van der Waals surface area (Å²) in [7, 11) is 0.